The first kappa shape index (κ1) is 21.7. The van der Waals surface area contributed by atoms with Gasteiger partial charge >= 0.3 is 0 Å². The summed E-state index contributed by atoms with van der Waals surface area (Å²) >= 11 is 1.73. The minimum atomic E-state index is -0.201. The molecule has 0 radical (unpaired) electrons. The van der Waals surface area contributed by atoms with Gasteiger partial charge in [0.2, 0.25) is 6.79 Å². The van der Waals surface area contributed by atoms with E-state index in [1.165, 1.54) is 40.7 Å². The van der Waals surface area contributed by atoms with Crippen molar-refractivity contribution in [3.05, 3.63) is 63.9 Å². The molecule has 4 heterocycles. The number of nitrogens with one attached hydrogen (secondary N) is 1. The van der Waals surface area contributed by atoms with Gasteiger partial charge in [-0.3, -0.25) is 9.69 Å². The van der Waals surface area contributed by atoms with E-state index < -0.39 is 0 Å². The first-order chi connectivity index (χ1) is 16.7. The van der Waals surface area contributed by atoms with Crippen molar-refractivity contribution in [1.82, 2.24) is 9.80 Å². The minimum Gasteiger partial charge on any atom is -0.459 e. The average Bonchev–Trinajstić information content (AvgIpc) is 3.61. The zero-order valence-corrected chi connectivity index (χ0v) is 20.2. The highest BCUT2D eigenvalue weighted by Gasteiger charge is 2.34. The largest absolute Gasteiger partial charge is 0.459 e. The molecule has 1 aliphatic carbocycles. The second-order valence-electron chi connectivity index (χ2n) is 9.24. The van der Waals surface area contributed by atoms with Crippen LogP contribution >= 0.6 is 11.3 Å². The van der Waals surface area contributed by atoms with Crippen LogP contribution in [0, 0.1) is 0 Å². The molecule has 7 nitrogen and oxygen atoms in total. The van der Waals surface area contributed by atoms with E-state index in [1.54, 1.807) is 23.5 Å². The van der Waals surface area contributed by atoms with Crippen molar-refractivity contribution in [3.8, 4) is 11.5 Å². The van der Waals surface area contributed by atoms with Gasteiger partial charge in [-0.25, -0.2) is 0 Å². The number of fused-ring (bicyclic) bond motifs is 2. The number of hydrogen-bond donors (Lipinski definition) is 1. The molecule has 178 valence electrons. The number of ether oxygens (including phenoxy) is 2. The molecule has 2 aliphatic heterocycles. The lowest BCUT2D eigenvalue weighted by molar-refractivity contribution is 0.0996. The molecule has 8 heteroatoms. The maximum absolute atomic E-state index is 13.0. The highest BCUT2D eigenvalue weighted by Crippen LogP contribution is 2.47. The number of piperazine rings is 1. The van der Waals surface area contributed by atoms with Crippen molar-refractivity contribution in [2.75, 3.05) is 45.3 Å². The zero-order valence-electron chi connectivity index (χ0n) is 19.3. The molecular formula is C26H29N3O4S. The SMILES string of the molecule is CN1CCN([C@@H](c2ccc3c(c2)OCO3)c2c(NC(=O)c3ccco3)sc3c2CCCC3)CC1. The average molecular weight is 480 g/mol. The van der Waals surface area contributed by atoms with E-state index >= 15 is 0 Å². The van der Waals surface area contributed by atoms with Crippen LogP contribution in [0.25, 0.3) is 0 Å². The summed E-state index contributed by atoms with van der Waals surface area (Å²) in [6, 6.07) is 9.78. The van der Waals surface area contributed by atoms with Crippen molar-refractivity contribution < 1.29 is 18.7 Å². The van der Waals surface area contributed by atoms with Gasteiger partial charge in [-0.15, -0.1) is 11.3 Å². The predicted molar refractivity (Wildman–Crippen MR) is 131 cm³/mol. The summed E-state index contributed by atoms with van der Waals surface area (Å²) in [6.07, 6.45) is 6.03. The first-order valence-corrected chi connectivity index (χ1v) is 12.8. The van der Waals surface area contributed by atoms with E-state index in [0.29, 0.717) is 5.76 Å². The molecule has 1 aromatic carbocycles. The van der Waals surface area contributed by atoms with Crippen LogP contribution in [0.3, 0.4) is 0 Å². The van der Waals surface area contributed by atoms with Crippen LogP contribution < -0.4 is 14.8 Å². The fourth-order valence-corrected chi connectivity index (χ4v) is 6.58. The molecule has 6 rings (SSSR count). The Labute approximate surface area is 203 Å². The Morgan fingerprint density at radius 3 is 2.71 bits per heavy atom. The van der Waals surface area contributed by atoms with Gasteiger partial charge in [-0.1, -0.05) is 6.07 Å². The Balaban J connectivity index is 1.46. The molecule has 0 spiro atoms. The zero-order chi connectivity index (χ0) is 23.1. The van der Waals surface area contributed by atoms with Gasteiger partial charge in [0, 0.05) is 36.6 Å². The van der Waals surface area contributed by atoms with Crippen molar-refractivity contribution in [2.45, 2.75) is 31.7 Å². The maximum Gasteiger partial charge on any atom is 0.291 e. The molecule has 3 aromatic rings. The van der Waals surface area contributed by atoms with Crippen molar-refractivity contribution in [2.24, 2.45) is 0 Å². The summed E-state index contributed by atoms with van der Waals surface area (Å²) in [7, 11) is 2.17. The van der Waals surface area contributed by atoms with Gasteiger partial charge in [0.1, 0.15) is 5.00 Å². The molecule has 1 atom stereocenters. The second-order valence-corrected chi connectivity index (χ2v) is 10.3. The highest BCUT2D eigenvalue weighted by atomic mass is 32.1. The van der Waals surface area contributed by atoms with Crippen LogP contribution in [-0.4, -0.2) is 55.7 Å². The number of likely N-dealkylation sites (N-methyl/N-ethyl adjacent to an activating group) is 1. The number of carbonyl (C=O) groups excluding carboxylic acids is 1. The number of furan rings is 1. The fraction of sp³-hybridized carbons (Fsp3) is 0.423. The van der Waals surface area contributed by atoms with Crippen LogP contribution in [0.4, 0.5) is 5.00 Å². The number of amides is 1. The molecule has 34 heavy (non-hydrogen) atoms. The monoisotopic (exact) mass is 479 g/mol. The molecule has 0 unspecified atom stereocenters. The van der Waals surface area contributed by atoms with E-state index in [-0.39, 0.29) is 18.7 Å². The number of nitrogens with zero attached hydrogens (tertiary/aromatic N) is 2. The Morgan fingerprint density at radius 2 is 1.88 bits per heavy atom. The minimum absolute atomic E-state index is 0.0354. The standard InChI is InChI=1S/C26H29N3O4S/c1-28-10-12-29(13-11-28)24(17-8-9-19-21(15-17)33-16-32-19)23-18-5-2-3-7-22(18)34-26(23)27-25(30)20-6-4-14-31-20/h4,6,8-9,14-15,24H,2-3,5,7,10-13,16H2,1H3,(H,27,30)/t24-/m0/s1. The number of carbonyl (C=O) groups is 1. The number of benzene rings is 1. The molecule has 1 saturated heterocycles. The summed E-state index contributed by atoms with van der Waals surface area (Å²) in [5, 5.41) is 4.15. The van der Waals surface area contributed by atoms with Crippen molar-refractivity contribution in [1.29, 1.82) is 0 Å². The normalized spacial score (nSPS) is 19.1. The molecule has 1 fully saturated rings. The third-order valence-electron chi connectivity index (χ3n) is 7.07. The Hall–Kier alpha value is -2.81. The third kappa shape index (κ3) is 4.00. The van der Waals surface area contributed by atoms with Gasteiger partial charge < -0.3 is 24.1 Å². The number of aryl methyl sites for hydroxylation is 1. The second kappa shape index (κ2) is 9.09. The van der Waals surface area contributed by atoms with Crippen molar-refractivity contribution in [3.63, 3.8) is 0 Å². The van der Waals surface area contributed by atoms with Gasteiger partial charge in [0.15, 0.2) is 17.3 Å². The molecule has 1 amide bonds. The summed E-state index contributed by atoms with van der Waals surface area (Å²) < 4.78 is 16.7. The summed E-state index contributed by atoms with van der Waals surface area (Å²) in [4.78, 5) is 19.3. The lowest BCUT2D eigenvalue weighted by atomic mass is 9.88. The molecule has 2 aromatic heterocycles. The number of hydrogen-bond acceptors (Lipinski definition) is 7. The highest BCUT2D eigenvalue weighted by molar-refractivity contribution is 7.16. The number of rotatable bonds is 5. The predicted octanol–water partition coefficient (Wildman–Crippen LogP) is 4.54. The van der Waals surface area contributed by atoms with Gasteiger partial charge in [-0.2, -0.15) is 0 Å². The Kier molecular flexibility index (Phi) is 5.80. The smallest absolute Gasteiger partial charge is 0.291 e. The molecular weight excluding hydrogens is 450 g/mol. The summed E-state index contributed by atoms with van der Waals surface area (Å²) in [5.41, 5.74) is 3.82. The van der Waals surface area contributed by atoms with Gasteiger partial charge in [0.05, 0.1) is 12.3 Å². The molecule has 3 aliphatic rings. The number of anilines is 1. The lowest BCUT2D eigenvalue weighted by Crippen LogP contribution is -2.46. The fourth-order valence-electron chi connectivity index (χ4n) is 5.27. The van der Waals surface area contributed by atoms with Crippen LogP contribution in [0.5, 0.6) is 11.5 Å². The van der Waals surface area contributed by atoms with E-state index in [9.17, 15) is 4.79 Å². The quantitative estimate of drug-likeness (QED) is 0.580. The van der Waals surface area contributed by atoms with E-state index in [0.717, 1.165) is 55.5 Å². The lowest BCUT2D eigenvalue weighted by Gasteiger charge is -2.39. The molecule has 1 N–H and O–H groups in total. The van der Waals surface area contributed by atoms with Gasteiger partial charge in [-0.05, 0) is 68.1 Å². The first-order valence-electron chi connectivity index (χ1n) is 12.0. The van der Waals surface area contributed by atoms with E-state index in [4.69, 9.17) is 13.9 Å². The third-order valence-corrected chi connectivity index (χ3v) is 8.30. The van der Waals surface area contributed by atoms with Crippen LogP contribution in [0.1, 0.15) is 51.0 Å². The van der Waals surface area contributed by atoms with Crippen molar-refractivity contribution >= 4 is 22.2 Å². The topological polar surface area (TPSA) is 67.2 Å². The summed E-state index contributed by atoms with van der Waals surface area (Å²) in [5.74, 6) is 1.71. The molecule has 0 saturated carbocycles. The maximum atomic E-state index is 13.0. The van der Waals surface area contributed by atoms with Crippen LogP contribution in [-0.2, 0) is 12.8 Å². The van der Waals surface area contributed by atoms with E-state index in [1.807, 2.05) is 6.07 Å². The summed E-state index contributed by atoms with van der Waals surface area (Å²) in [6.45, 7) is 4.22. The van der Waals surface area contributed by atoms with E-state index in [2.05, 4.69) is 34.3 Å². The number of thiophene rings is 1. The molecule has 0 bridgehead atoms. The van der Waals surface area contributed by atoms with Crippen LogP contribution in [0.2, 0.25) is 0 Å². The van der Waals surface area contributed by atoms with Gasteiger partial charge in [0.25, 0.3) is 5.91 Å². The van der Waals surface area contributed by atoms with Crippen LogP contribution in [0.15, 0.2) is 41.0 Å². The Morgan fingerprint density at radius 1 is 1.06 bits per heavy atom. The Bertz CT molecular complexity index is 1180.